The maximum atomic E-state index is 13.4. The van der Waals surface area contributed by atoms with E-state index in [0.717, 1.165) is 18.7 Å². The molecule has 2 atom stereocenters. The van der Waals surface area contributed by atoms with Crippen LogP contribution in [0.4, 0.5) is 10.5 Å². The van der Waals surface area contributed by atoms with Gasteiger partial charge in [0.05, 0.1) is 4.92 Å². The Bertz CT molecular complexity index is 752. The van der Waals surface area contributed by atoms with E-state index >= 15 is 0 Å². The summed E-state index contributed by atoms with van der Waals surface area (Å²) in [5, 5.41) is 13.7. The molecule has 1 aromatic carbocycles. The summed E-state index contributed by atoms with van der Waals surface area (Å²) in [5.74, 6) is -0.510. The molecule has 0 aliphatic carbocycles. The summed E-state index contributed by atoms with van der Waals surface area (Å²) < 4.78 is 5.39. The van der Waals surface area contributed by atoms with Gasteiger partial charge < -0.3 is 19.9 Å². The van der Waals surface area contributed by atoms with Crippen LogP contribution in [0, 0.1) is 10.1 Å². The Hall–Kier alpha value is -2.68. The normalized spacial score (nSPS) is 17.2. The molecule has 1 fully saturated rings. The van der Waals surface area contributed by atoms with E-state index in [0.29, 0.717) is 19.5 Å². The summed E-state index contributed by atoms with van der Waals surface area (Å²) in [6, 6.07) is 5.31. The molecular formula is C21H32N4O5. The van der Waals surface area contributed by atoms with Gasteiger partial charge in [0.25, 0.3) is 5.69 Å². The number of carbonyl (C=O) groups is 2. The molecule has 1 aliphatic rings. The number of amides is 2. The van der Waals surface area contributed by atoms with E-state index in [2.05, 4.69) is 10.2 Å². The molecule has 0 bridgehead atoms. The molecular weight excluding hydrogens is 388 g/mol. The summed E-state index contributed by atoms with van der Waals surface area (Å²) in [5.41, 5.74) is 0.0444. The number of likely N-dealkylation sites (N-methyl/N-ethyl adjacent to an activating group) is 1. The van der Waals surface area contributed by atoms with Crippen LogP contribution in [-0.2, 0) is 9.53 Å². The molecule has 1 saturated heterocycles. The number of ether oxygens (including phenoxy) is 1. The number of alkyl carbamates (subject to hydrolysis) is 1. The number of nitrogens with zero attached hydrogens (tertiary/aromatic N) is 3. The number of benzene rings is 1. The minimum atomic E-state index is -0.824. The zero-order valence-electron chi connectivity index (χ0n) is 18.4. The minimum absolute atomic E-state index is 0.0179. The van der Waals surface area contributed by atoms with Crippen molar-refractivity contribution in [2.24, 2.45) is 0 Å². The molecule has 1 aromatic rings. The number of non-ortho nitro benzene ring substituents is 1. The van der Waals surface area contributed by atoms with Crippen LogP contribution in [0.2, 0.25) is 0 Å². The van der Waals surface area contributed by atoms with Crippen molar-refractivity contribution >= 4 is 17.7 Å². The molecule has 1 aliphatic heterocycles. The van der Waals surface area contributed by atoms with Crippen LogP contribution in [0.15, 0.2) is 24.3 Å². The van der Waals surface area contributed by atoms with E-state index < -0.39 is 22.7 Å². The summed E-state index contributed by atoms with van der Waals surface area (Å²) >= 11 is 0. The van der Waals surface area contributed by atoms with Gasteiger partial charge in [-0.2, -0.15) is 0 Å². The van der Waals surface area contributed by atoms with Crippen molar-refractivity contribution in [3.8, 4) is 0 Å². The molecule has 2 rings (SSSR count). The highest BCUT2D eigenvalue weighted by molar-refractivity contribution is 5.87. The maximum absolute atomic E-state index is 13.4. The highest BCUT2D eigenvalue weighted by Crippen LogP contribution is 2.27. The third-order valence-corrected chi connectivity index (χ3v) is 5.13. The molecule has 0 spiro atoms. The van der Waals surface area contributed by atoms with Gasteiger partial charge >= 0.3 is 6.09 Å². The lowest BCUT2D eigenvalue weighted by Gasteiger charge is -2.37. The number of nitro groups is 1. The molecule has 166 valence electrons. The Labute approximate surface area is 177 Å². The Kier molecular flexibility index (Phi) is 7.77. The fourth-order valence-corrected chi connectivity index (χ4v) is 3.50. The average Bonchev–Trinajstić information content (AvgIpc) is 2.67. The van der Waals surface area contributed by atoms with Crippen molar-refractivity contribution < 1.29 is 19.2 Å². The second-order valence-electron chi connectivity index (χ2n) is 8.62. The van der Waals surface area contributed by atoms with Crippen molar-refractivity contribution in [3.63, 3.8) is 0 Å². The quantitative estimate of drug-likeness (QED) is 0.560. The average molecular weight is 421 g/mol. The van der Waals surface area contributed by atoms with Crippen molar-refractivity contribution in [2.45, 2.75) is 51.7 Å². The molecule has 0 unspecified atom stereocenters. The summed E-state index contributed by atoms with van der Waals surface area (Å²) in [6.45, 7) is 9.90. The number of nitro benzene ring substituents is 1. The molecule has 1 heterocycles. The maximum Gasteiger partial charge on any atom is 0.408 e. The molecule has 0 saturated carbocycles. The van der Waals surface area contributed by atoms with Gasteiger partial charge in [0.1, 0.15) is 11.6 Å². The van der Waals surface area contributed by atoms with Gasteiger partial charge in [-0.3, -0.25) is 14.9 Å². The van der Waals surface area contributed by atoms with Gasteiger partial charge in [-0.25, -0.2) is 4.79 Å². The SMILES string of the molecule is CC[C@@H](c1ccc([N+](=O)[O-])cc1)[C@@H](NC(=O)OC(C)(C)C)C(=O)N1CCN(C)CC1. The van der Waals surface area contributed by atoms with Gasteiger partial charge in [-0.1, -0.05) is 19.1 Å². The molecule has 9 heteroatoms. The van der Waals surface area contributed by atoms with Crippen LogP contribution in [0.5, 0.6) is 0 Å². The van der Waals surface area contributed by atoms with E-state index in [9.17, 15) is 19.7 Å². The number of rotatable bonds is 6. The van der Waals surface area contributed by atoms with Gasteiger partial charge in [-0.05, 0) is 39.8 Å². The van der Waals surface area contributed by atoms with Gasteiger partial charge in [0.2, 0.25) is 5.91 Å². The first-order valence-electron chi connectivity index (χ1n) is 10.2. The van der Waals surface area contributed by atoms with E-state index in [-0.39, 0.29) is 17.5 Å². The summed E-state index contributed by atoms with van der Waals surface area (Å²) in [7, 11) is 2.00. The van der Waals surface area contributed by atoms with Crippen LogP contribution in [0.25, 0.3) is 0 Å². The topological polar surface area (TPSA) is 105 Å². The van der Waals surface area contributed by atoms with Crippen molar-refractivity contribution in [3.05, 3.63) is 39.9 Å². The van der Waals surface area contributed by atoms with Crippen LogP contribution in [0.1, 0.15) is 45.6 Å². The van der Waals surface area contributed by atoms with Gasteiger partial charge in [0, 0.05) is 44.2 Å². The number of carbonyl (C=O) groups excluding carboxylic acids is 2. The van der Waals surface area contributed by atoms with Crippen molar-refractivity contribution in [1.29, 1.82) is 0 Å². The van der Waals surface area contributed by atoms with Crippen molar-refractivity contribution in [1.82, 2.24) is 15.1 Å². The molecule has 1 N–H and O–H groups in total. The highest BCUT2D eigenvalue weighted by atomic mass is 16.6. The standard InChI is InChI=1S/C21H32N4O5/c1-6-17(15-7-9-16(10-8-15)25(28)29)18(22-20(27)30-21(2,3)4)19(26)24-13-11-23(5)12-14-24/h7-10,17-18H,6,11-14H2,1-5H3,(H,22,27)/t17-,18+/m0/s1. The Morgan fingerprint density at radius 3 is 2.20 bits per heavy atom. The lowest BCUT2D eigenvalue weighted by molar-refractivity contribution is -0.384. The summed E-state index contributed by atoms with van der Waals surface area (Å²) in [6.07, 6.45) is -0.0899. The zero-order valence-corrected chi connectivity index (χ0v) is 18.4. The van der Waals surface area contributed by atoms with Gasteiger partial charge in [0.15, 0.2) is 0 Å². The lowest BCUT2D eigenvalue weighted by Crippen LogP contribution is -2.56. The first-order valence-corrected chi connectivity index (χ1v) is 10.2. The zero-order chi connectivity index (χ0) is 22.5. The van der Waals surface area contributed by atoms with E-state index in [1.165, 1.54) is 12.1 Å². The fourth-order valence-electron chi connectivity index (χ4n) is 3.50. The fraction of sp³-hybridized carbons (Fsp3) is 0.619. The smallest absolute Gasteiger partial charge is 0.408 e. The van der Waals surface area contributed by atoms with Crippen LogP contribution in [0.3, 0.4) is 0 Å². The van der Waals surface area contributed by atoms with E-state index in [1.807, 2.05) is 14.0 Å². The second-order valence-corrected chi connectivity index (χ2v) is 8.62. The van der Waals surface area contributed by atoms with Crippen LogP contribution in [-0.4, -0.2) is 71.6 Å². The molecule has 0 radical (unpaired) electrons. The van der Waals surface area contributed by atoms with E-state index in [1.54, 1.807) is 37.8 Å². The molecule has 30 heavy (non-hydrogen) atoms. The second kappa shape index (κ2) is 9.88. The predicted molar refractivity (Wildman–Crippen MR) is 113 cm³/mol. The number of piperazine rings is 1. The lowest BCUT2D eigenvalue weighted by atomic mass is 9.88. The highest BCUT2D eigenvalue weighted by Gasteiger charge is 2.35. The third-order valence-electron chi connectivity index (χ3n) is 5.13. The Morgan fingerprint density at radius 2 is 1.73 bits per heavy atom. The molecule has 0 aromatic heterocycles. The number of nitrogens with one attached hydrogen (secondary N) is 1. The molecule has 2 amide bonds. The Morgan fingerprint density at radius 1 is 1.17 bits per heavy atom. The van der Waals surface area contributed by atoms with Crippen LogP contribution < -0.4 is 5.32 Å². The monoisotopic (exact) mass is 420 g/mol. The molecule has 9 nitrogen and oxygen atoms in total. The first-order chi connectivity index (χ1) is 14.0. The number of hydrogen-bond acceptors (Lipinski definition) is 6. The largest absolute Gasteiger partial charge is 0.444 e. The summed E-state index contributed by atoms with van der Waals surface area (Å²) in [4.78, 5) is 40.3. The Balaban J connectivity index is 2.30. The predicted octanol–water partition coefficient (Wildman–Crippen LogP) is 2.76. The first kappa shape index (κ1) is 23.6. The van der Waals surface area contributed by atoms with E-state index in [4.69, 9.17) is 4.74 Å². The third kappa shape index (κ3) is 6.41. The number of hydrogen-bond donors (Lipinski definition) is 1. The minimum Gasteiger partial charge on any atom is -0.444 e. The van der Waals surface area contributed by atoms with Crippen molar-refractivity contribution in [2.75, 3.05) is 33.2 Å². The van der Waals surface area contributed by atoms with Gasteiger partial charge in [-0.15, -0.1) is 0 Å². The van der Waals surface area contributed by atoms with Crippen LogP contribution >= 0.6 is 0 Å².